The van der Waals surface area contributed by atoms with Crippen molar-refractivity contribution in [3.8, 4) is 0 Å². The molecule has 20 heavy (non-hydrogen) atoms. The zero-order chi connectivity index (χ0) is 14.8. The Bertz CT molecular complexity index is 516. The zero-order valence-corrected chi connectivity index (χ0v) is 15.1. The Morgan fingerprint density at radius 1 is 1.55 bits per heavy atom. The van der Waals surface area contributed by atoms with Crippen molar-refractivity contribution >= 4 is 33.3 Å². The minimum atomic E-state index is 0.274. The van der Waals surface area contributed by atoms with Gasteiger partial charge in [-0.1, -0.05) is 28.1 Å². The quantitative estimate of drug-likeness (QED) is 0.706. The Balaban J connectivity index is 2.12. The first-order chi connectivity index (χ1) is 9.42. The molecule has 0 radical (unpaired) electrons. The van der Waals surface area contributed by atoms with E-state index in [1.165, 1.54) is 17.8 Å². The smallest absolute Gasteiger partial charge is 0.0964 e. The van der Waals surface area contributed by atoms with Gasteiger partial charge in [0.25, 0.3) is 0 Å². The van der Waals surface area contributed by atoms with Gasteiger partial charge in [0.2, 0.25) is 0 Å². The molecule has 0 aromatic carbocycles. The number of thiazole rings is 1. The summed E-state index contributed by atoms with van der Waals surface area (Å²) >= 11 is 5.34. The molecule has 4 heteroatoms. The molecular weight excluding hydrogens is 332 g/mol. The van der Waals surface area contributed by atoms with E-state index in [0.717, 1.165) is 16.7 Å². The number of nitrogens with zero attached hydrogens (tertiary/aromatic N) is 2. The number of piperidine rings is 1. The Hall–Kier alpha value is -0.450. The summed E-state index contributed by atoms with van der Waals surface area (Å²) in [5.41, 5.74) is 1.34. The van der Waals surface area contributed by atoms with Gasteiger partial charge in [-0.3, -0.25) is 0 Å². The monoisotopic (exact) mass is 354 g/mol. The Labute approximate surface area is 134 Å². The van der Waals surface area contributed by atoms with Crippen LogP contribution in [0.1, 0.15) is 50.2 Å². The van der Waals surface area contributed by atoms with Crippen molar-refractivity contribution in [2.45, 2.75) is 45.1 Å². The highest BCUT2D eigenvalue weighted by molar-refractivity contribution is 9.12. The summed E-state index contributed by atoms with van der Waals surface area (Å²) in [6.07, 6.45) is 8.55. The van der Waals surface area contributed by atoms with Crippen LogP contribution in [0.3, 0.4) is 0 Å². The van der Waals surface area contributed by atoms with E-state index in [1.807, 2.05) is 19.1 Å². The molecule has 1 atom stereocenters. The minimum absolute atomic E-state index is 0.274. The van der Waals surface area contributed by atoms with Gasteiger partial charge >= 0.3 is 0 Å². The van der Waals surface area contributed by atoms with Crippen molar-refractivity contribution in [3.05, 3.63) is 32.7 Å². The second-order valence-electron chi connectivity index (χ2n) is 6.06. The van der Waals surface area contributed by atoms with Crippen molar-refractivity contribution in [2.24, 2.45) is 0 Å². The number of hydrogen-bond donors (Lipinski definition) is 0. The van der Waals surface area contributed by atoms with Gasteiger partial charge in [0, 0.05) is 21.3 Å². The summed E-state index contributed by atoms with van der Waals surface area (Å²) in [6.45, 7) is 7.83. The van der Waals surface area contributed by atoms with Crippen LogP contribution in [0, 0.1) is 0 Å². The molecule has 2 rings (SSSR count). The molecule has 1 fully saturated rings. The van der Waals surface area contributed by atoms with E-state index in [2.05, 4.69) is 53.2 Å². The molecule has 1 unspecified atom stereocenters. The van der Waals surface area contributed by atoms with E-state index in [9.17, 15) is 0 Å². The summed E-state index contributed by atoms with van der Waals surface area (Å²) in [4.78, 5) is 7.27. The molecule has 1 saturated heterocycles. The van der Waals surface area contributed by atoms with Gasteiger partial charge in [-0.15, -0.1) is 11.3 Å². The average molecular weight is 355 g/mol. The topological polar surface area (TPSA) is 16.1 Å². The number of rotatable bonds is 3. The molecule has 0 N–H and O–H groups in total. The molecule has 110 valence electrons. The molecule has 0 aliphatic carbocycles. The standard InChI is InChI=1S/C16H23BrN2S/c1-5-6-13(17)9-14-11-20-15(18-14)12-7-8-19(4)16(2,3)10-12/h5-6,9,11-12H,7-8,10H2,1-4H3/b6-5-,13-9+. The number of allylic oxidation sites excluding steroid dienone is 3. The maximum atomic E-state index is 4.81. The van der Waals surface area contributed by atoms with Crippen molar-refractivity contribution < 1.29 is 0 Å². The Morgan fingerprint density at radius 2 is 2.30 bits per heavy atom. The normalized spacial score (nSPS) is 24.4. The summed E-state index contributed by atoms with van der Waals surface area (Å²) < 4.78 is 1.07. The van der Waals surface area contributed by atoms with Gasteiger partial charge in [0.15, 0.2) is 0 Å². The first-order valence-electron chi connectivity index (χ1n) is 7.09. The lowest BCUT2D eigenvalue weighted by atomic mass is 9.83. The maximum Gasteiger partial charge on any atom is 0.0964 e. The molecule has 2 nitrogen and oxygen atoms in total. The highest BCUT2D eigenvalue weighted by Gasteiger charge is 2.34. The molecule has 1 aromatic heterocycles. The fourth-order valence-electron chi connectivity index (χ4n) is 2.63. The van der Waals surface area contributed by atoms with E-state index in [-0.39, 0.29) is 5.54 Å². The highest BCUT2D eigenvalue weighted by Crippen LogP contribution is 2.38. The molecule has 0 saturated carbocycles. The summed E-state index contributed by atoms with van der Waals surface area (Å²) in [6, 6.07) is 0. The van der Waals surface area contributed by atoms with Gasteiger partial charge in [0.05, 0.1) is 10.7 Å². The number of hydrogen-bond acceptors (Lipinski definition) is 3. The van der Waals surface area contributed by atoms with Gasteiger partial charge in [0.1, 0.15) is 0 Å². The first-order valence-corrected chi connectivity index (χ1v) is 8.76. The molecule has 1 aliphatic rings. The van der Waals surface area contributed by atoms with Crippen molar-refractivity contribution in [1.82, 2.24) is 9.88 Å². The SMILES string of the molecule is C/C=C\C(Br)=C/c1csc(C2CCN(C)C(C)(C)C2)n1. The Morgan fingerprint density at radius 3 is 2.95 bits per heavy atom. The fourth-order valence-corrected chi connectivity index (χ4v) is 4.04. The summed E-state index contributed by atoms with van der Waals surface area (Å²) in [5, 5.41) is 3.45. The van der Waals surface area contributed by atoms with Crippen LogP contribution >= 0.6 is 27.3 Å². The third kappa shape index (κ3) is 3.80. The van der Waals surface area contributed by atoms with E-state index < -0.39 is 0 Å². The predicted octanol–water partition coefficient (Wildman–Crippen LogP) is 5.04. The molecular formula is C16H23BrN2S. The summed E-state index contributed by atoms with van der Waals surface area (Å²) in [7, 11) is 2.22. The Kier molecular flexibility index (Phi) is 5.21. The molecule has 1 aliphatic heterocycles. The first kappa shape index (κ1) is 15.9. The van der Waals surface area contributed by atoms with Crippen LogP contribution in [0.4, 0.5) is 0 Å². The average Bonchev–Trinajstić information content (AvgIpc) is 2.81. The van der Waals surface area contributed by atoms with E-state index >= 15 is 0 Å². The van der Waals surface area contributed by atoms with Crippen LogP contribution in [0.5, 0.6) is 0 Å². The van der Waals surface area contributed by atoms with Crippen molar-refractivity contribution in [1.29, 1.82) is 0 Å². The number of likely N-dealkylation sites (tertiary alicyclic amines) is 1. The highest BCUT2D eigenvalue weighted by atomic mass is 79.9. The number of halogens is 1. The molecule has 0 amide bonds. The molecule has 0 bridgehead atoms. The van der Waals surface area contributed by atoms with Crippen LogP contribution in [0.15, 0.2) is 22.0 Å². The molecule has 1 aromatic rings. The predicted molar refractivity (Wildman–Crippen MR) is 92.5 cm³/mol. The van der Waals surface area contributed by atoms with Crippen LogP contribution in [-0.2, 0) is 0 Å². The van der Waals surface area contributed by atoms with Gasteiger partial charge in [-0.25, -0.2) is 4.98 Å². The third-order valence-corrected chi connectivity index (χ3v) is 5.61. The second kappa shape index (κ2) is 6.54. The van der Waals surface area contributed by atoms with Crippen molar-refractivity contribution in [2.75, 3.05) is 13.6 Å². The lowest BCUT2D eigenvalue weighted by Crippen LogP contribution is -2.46. The van der Waals surface area contributed by atoms with Crippen molar-refractivity contribution in [3.63, 3.8) is 0 Å². The largest absolute Gasteiger partial charge is 0.301 e. The van der Waals surface area contributed by atoms with Crippen LogP contribution in [-0.4, -0.2) is 29.0 Å². The zero-order valence-electron chi connectivity index (χ0n) is 12.7. The minimum Gasteiger partial charge on any atom is -0.301 e. The van der Waals surface area contributed by atoms with Crippen LogP contribution in [0.25, 0.3) is 6.08 Å². The lowest BCUT2D eigenvalue weighted by Gasteiger charge is -2.43. The van der Waals surface area contributed by atoms with Crippen LogP contribution < -0.4 is 0 Å². The molecule has 2 heterocycles. The van der Waals surface area contributed by atoms with Gasteiger partial charge < -0.3 is 4.90 Å². The summed E-state index contributed by atoms with van der Waals surface area (Å²) in [5.74, 6) is 0.605. The third-order valence-electron chi connectivity index (χ3n) is 4.09. The van der Waals surface area contributed by atoms with E-state index in [0.29, 0.717) is 5.92 Å². The second-order valence-corrected chi connectivity index (χ2v) is 7.87. The lowest BCUT2D eigenvalue weighted by molar-refractivity contribution is 0.0941. The maximum absolute atomic E-state index is 4.81. The van der Waals surface area contributed by atoms with E-state index in [4.69, 9.17) is 4.98 Å². The fraction of sp³-hybridized carbons (Fsp3) is 0.562. The van der Waals surface area contributed by atoms with Gasteiger partial charge in [-0.2, -0.15) is 0 Å². The number of aromatic nitrogens is 1. The van der Waals surface area contributed by atoms with Gasteiger partial charge in [-0.05, 0) is 53.3 Å². The van der Waals surface area contributed by atoms with Crippen LogP contribution in [0.2, 0.25) is 0 Å². The van der Waals surface area contributed by atoms with E-state index in [1.54, 1.807) is 11.3 Å². The molecule has 0 spiro atoms.